The molecule has 0 aliphatic carbocycles. The zero-order chi connectivity index (χ0) is 9.26. The van der Waals surface area contributed by atoms with Crippen molar-refractivity contribution < 1.29 is 8.91 Å². The highest BCUT2D eigenvalue weighted by Crippen LogP contribution is 2.21. The van der Waals surface area contributed by atoms with Crippen molar-refractivity contribution in [2.24, 2.45) is 0 Å². The molecule has 0 aromatic carbocycles. The van der Waals surface area contributed by atoms with E-state index in [4.69, 9.17) is 4.52 Å². The third kappa shape index (κ3) is 1.42. The zero-order valence-corrected chi connectivity index (χ0v) is 6.99. The number of hydrogen-bond acceptors (Lipinski definition) is 3. The van der Waals surface area contributed by atoms with Gasteiger partial charge in [-0.15, -0.1) is 0 Å². The molecule has 0 atom stereocenters. The predicted molar refractivity (Wildman–Crippen MR) is 44.4 cm³/mol. The van der Waals surface area contributed by atoms with Crippen molar-refractivity contribution in [3.63, 3.8) is 0 Å². The van der Waals surface area contributed by atoms with Crippen LogP contribution in [0.3, 0.4) is 0 Å². The number of hydrogen-bond donors (Lipinski definition) is 0. The first-order valence-electron chi connectivity index (χ1n) is 3.81. The van der Waals surface area contributed by atoms with Crippen LogP contribution in [-0.2, 0) is 0 Å². The summed E-state index contributed by atoms with van der Waals surface area (Å²) in [6.07, 6.45) is 1.39. The van der Waals surface area contributed by atoms with Gasteiger partial charge in [0.05, 0.1) is 11.3 Å². The van der Waals surface area contributed by atoms with Gasteiger partial charge in [0.15, 0.2) is 5.76 Å². The smallest absolute Gasteiger partial charge is 0.223 e. The van der Waals surface area contributed by atoms with Crippen molar-refractivity contribution in [3.05, 3.63) is 36.0 Å². The molecule has 0 bridgehead atoms. The van der Waals surface area contributed by atoms with Crippen molar-refractivity contribution >= 4 is 0 Å². The van der Waals surface area contributed by atoms with Crippen LogP contribution in [0.5, 0.6) is 0 Å². The maximum absolute atomic E-state index is 13.1. The van der Waals surface area contributed by atoms with Crippen LogP contribution in [0, 0.1) is 12.9 Å². The van der Waals surface area contributed by atoms with E-state index < -0.39 is 5.95 Å². The van der Waals surface area contributed by atoms with Gasteiger partial charge in [-0.2, -0.15) is 4.39 Å². The van der Waals surface area contributed by atoms with Crippen LogP contribution in [0.15, 0.2) is 28.9 Å². The highest BCUT2D eigenvalue weighted by Gasteiger charge is 2.09. The van der Waals surface area contributed by atoms with Crippen LogP contribution < -0.4 is 0 Å². The summed E-state index contributed by atoms with van der Waals surface area (Å²) in [5.41, 5.74) is 1.06. The minimum Gasteiger partial charge on any atom is -0.356 e. The highest BCUT2D eigenvalue weighted by atomic mass is 19.1. The summed E-state index contributed by atoms with van der Waals surface area (Å²) in [4.78, 5) is 3.51. The van der Waals surface area contributed by atoms with Gasteiger partial charge >= 0.3 is 0 Å². The molecule has 0 fully saturated rings. The second-order valence-electron chi connectivity index (χ2n) is 2.67. The number of nitrogens with zero attached hydrogens (tertiary/aromatic N) is 2. The first-order valence-corrected chi connectivity index (χ1v) is 3.81. The van der Waals surface area contributed by atoms with Crippen LogP contribution in [0.4, 0.5) is 4.39 Å². The Bertz CT molecular complexity index is 425. The summed E-state index contributed by atoms with van der Waals surface area (Å²) >= 11 is 0. The minimum atomic E-state index is -0.543. The molecular weight excluding hydrogens is 171 g/mol. The molecule has 0 radical (unpaired) electrons. The summed E-state index contributed by atoms with van der Waals surface area (Å²) in [7, 11) is 0. The van der Waals surface area contributed by atoms with Crippen molar-refractivity contribution in [3.8, 4) is 11.3 Å². The van der Waals surface area contributed by atoms with Gasteiger partial charge in [-0.1, -0.05) is 5.16 Å². The van der Waals surface area contributed by atoms with Crippen LogP contribution in [-0.4, -0.2) is 10.1 Å². The summed E-state index contributed by atoms with van der Waals surface area (Å²) in [5, 5.41) is 3.66. The van der Waals surface area contributed by atoms with Crippen LogP contribution in [0.25, 0.3) is 11.3 Å². The van der Waals surface area contributed by atoms with Crippen molar-refractivity contribution in [1.82, 2.24) is 10.1 Å². The average Bonchev–Trinajstić information content (AvgIpc) is 2.53. The summed E-state index contributed by atoms with van der Waals surface area (Å²) in [5.74, 6) is -0.137. The fourth-order valence-corrected chi connectivity index (χ4v) is 1.06. The van der Waals surface area contributed by atoms with Crippen LogP contribution >= 0.6 is 0 Å². The molecule has 0 saturated carbocycles. The Hall–Kier alpha value is -1.71. The fourth-order valence-electron chi connectivity index (χ4n) is 1.06. The predicted octanol–water partition coefficient (Wildman–Crippen LogP) is 2.18. The maximum atomic E-state index is 13.1. The van der Waals surface area contributed by atoms with Gasteiger partial charge in [0.1, 0.15) is 0 Å². The molecule has 0 aliphatic heterocycles. The van der Waals surface area contributed by atoms with Crippen molar-refractivity contribution in [2.45, 2.75) is 6.92 Å². The summed E-state index contributed by atoms with van der Waals surface area (Å²) in [6, 6.07) is 4.92. The molecule has 4 heteroatoms. The van der Waals surface area contributed by atoms with Gasteiger partial charge in [-0.05, 0) is 19.1 Å². The van der Waals surface area contributed by atoms with E-state index in [0.29, 0.717) is 11.3 Å². The molecule has 0 saturated heterocycles. The normalized spacial score (nSPS) is 10.3. The van der Waals surface area contributed by atoms with Gasteiger partial charge in [0, 0.05) is 12.3 Å². The quantitative estimate of drug-likeness (QED) is 0.628. The Morgan fingerprint density at radius 3 is 2.92 bits per heavy atom. The monoisotopic (exact) mass is 178 g/mol. The van der Waals surface area contributed by atoms with E-state index >= 15 is 0 Å². The SMILES string of the molecule is Cc1cc(-c2cccnc2F)on1. The largest absolute Gasteiger partial charge is 0.356 e. The van der Waals surface area contributed by atoms with E-state index in [1.54, 1.807) is 25.1 Å². The highest BCUT2D eigenvalue weighted by molar-refractivity contribution is 5.56. The van der Waals surface area contributed by atoms with Crippen molar-refractivity contribution in [1.29, 1.82) is 0 Å². The molecule has 66 valence electrons. The lowest BCUT2D eigenvalue weighted by atomic mass is 10.2. The Kier molecular flexibility index (Phi) is 1.81. The molecular formula is C9H7FN2O. The second-order valence-corrected chi connectivity index (χ2v) is 2.67. The maximum Gasteiger partial charge on any atom is 0.223 e. The van der Waals surface area contributed by atoms with Gasteiger partial charge < -0.3 is 4.52 Å². The minimum absolute atomic E-state index is 0.336. The summed E-state index contributed by atoms with van der Waals surface area (Å²) in [6.45, 7) is 1.78. The molecule has 2 rings (SSSR count). The molecule has 2 heterocycles. The number of pyridine rings is 1. The molecule has 0 aliphatic rings. The lowest BCUT2D eigenvalue weighted by Gasteiger charge is -1.94. The fraction of sp³-hybridized carbons (Fsp3) is 0.111. The topological polar surface area (TPSA) is 38.9 Å². The van der Waals surface area contributed by atoms with Gasteiger partial charge in [0.25, 0.3) is 0 Å². The van der Waals surface area contributed by atoms with Gasteiger partial charge in [-0.25, -0.2) is 4.98 Å². The lowest BCUT2D eigenvalue weighted by molar-refractivity contribution is 0.424. The molecule has 0 unspecified atom stereocenters. The van der Waals surface area contributed by atoms with E-state index in [1.807, 2.05) is 0 Å². The number of rotatable bonds is 1. The number of aromatic nitrogens is 2. The molecule has 0 N–H and O–H groups in total. The van der Waals surface area contributed by atoms with E-state index in [0.717, 1.165) is 5.69 Å². The van der Waals surface area contributed by atoms with E-state index in [-0.39, 0.29) is 0 Å². The molecule has 0 amide bonds. The Balaban J connectivity index is 2.52. The lowest BCUT2D eigenvalue weighted by Crippen LogP contribution is -1.85. The molecule has 2 aromatic heterocycles. The number of halogens is 1. The first-order chi connectivity index (χ1) is 6.27. The standard InChI is InChI=1S/C9H7FN2O/c1-6-5-8(13-12-6)7-3-2-4-11-9(7)10/h2-5H,1H3. The zero-order valence-electron chi connectivity index (χ0n) is 6.99. The van der Waals surface area contributed by atoms with E-state index in [9.17, 15) is 4.39 Å². The van der Waals surface area contributed by atoms with Crippen LogP contribution in [0.2, 0.25) is 0 Å². The van der Waals surface area contributed by atoms with Crippen LogP contribution in [0.1, 0.15) is 5.69 Å². The van der Waals surface area contributed by atoms with Crippen molar-refractivity contribution in [2.75, 3.05) is 0 Å². The Morgan fingerprint density at radius 1 is 1.46 bits per heavy atom. The van der Waals surface area contributed by atoms with Gasteiger partial charge in [0.2, 0.25) is 5.95 Å². The second kappa shape index (κ2) is 2.97. The first kappa shape index (κ1) is 7.91. The molecule has 3 nitrogen and oxygen atoms in total. The Labute approximate surface area is 74.2 Å². The molecule has 2 aromatic rings. The third-order valence-electron chi connectivity index (χ3n) is 1.65. The Morgan fingerprint density at radius 2 is 2.31 bits per heavy atom. The molecule has 13 heavy (non-hydrogen) atoms. The summed E-state index contributed by atoms with van der Waals surface area (Å²) < 4.78 is 18.0. The third-order valence-corrected chi connectivity index (χ3v) is 1.65. The molecule has 0 spiro atoms. The average molecular weight is 178 g/mol. The van der Waals surface area contributed by atoms with E-state index in [2.05, 4.69) is 10.1 Å². The number of aryl methyl sites for hydroxylation is 1. The van der Waals surface area contributed by atoms with E-state index in [1.165, 1.54) is 6.20 Å². The van der Waals surface area contributed by atoms with Gasteiger partial charge in [-0.3, -0.25) is 0 Å².